The number of aliphatic hydroxyl groups is 1. The van der Waals surface area contributed by atoms with Gasteiger partial charge in [0.1, 0.15) is 5.82 Å². The predicted molar refractivity (Wildman–Crippen MR) is 74.2 cm³/mol. The van der Waals surface area contributed by atoms with Crippen molar-refractivity contribution >= 4 is 27.5 Å². The molecule has 4 heteroatoms. The van der Waals surface area contributed by atoms with Gasteiger partial charge in [0.05, 0.1) is 6.10 Å². The summed E-state index contributed by atoms with van der Waals surface area (Å²) in [7, 11) is 0. The Morgan fingerprint density at radius 3 is 2.67 bits per heavy atom. The minimum atomic E-state index is -0.707. The highest BCUT2D eigenvalue weighted by Crippen LogP contribution is 2.26. The number of rotatable bonds is 3. The van der Waals surface area contributed by atoms with Crippen LogP contribution < -0.4 is 0 Å². The van der Waals surface area contributed by atoms with Crippen LogP contribution in [0.2, 0.25) is 5.02 Å². The number of halogens is 3. The molecule has 18 heavy (non-hydrogen) atoms. The van der Waals surface area contributed by atoms with E-state index in [1.165, 1.54) is 12.1 Å². The van der Waals surface area contributed by atoms with Crippen LogP contribution in [0.25, 0.3) is 0 Å². The summed E-state index contributed by atoms with van der Waals surface area (Å²) in [6.45, 7) is 0. The van der Waals surface area contributed by atoms with E-state index in [0.29, 0.717) is 17.0 Å². The second-order valence-electron chi connectivity index (χ2n) is 4.05. The topological polar surface area (TPSA) is 20.2 Å². The van der Waals surface area contributed by atoms with Crippen molar-refractivity contribution in [1.29, 1.82) is 0 Å². The largest absolute Gasteiger partial charge is 0.388 e. The molecule has 0 radical (unpaired) electrons. The SMILES string of the molecule is OC(Cc1cccc(F)c1)c1cc(Cl)cc(Br)c1. The minimum Gasteiger partial charge on any atom is -0.388 e. The predicted octanol–water partition coefficient (Wildman–Crippen LogP) is 4.52. The van der Waals surface area contributed by atoms with Crippen LogP contribution in [0.3, 0.4) is 0 Å². The summed E-state index contributed by atoms with van der Waals surface area (Å²) in [6, 6.07) is 11.5. The maximum Gasteiger partial charge on any atom is 0.123 e. The van der Waals surface area contributed by atoms with Gasteiger partial charge < -0.3 is 5.11 Å². The molecular weight excluding hydrogens is 319 g/mol. The van der Waals surface area contributed by atoms with Gasteiger partial charge in [-0.3, -0.25) is 0 Å². The standard InChI is InChI=1S/C14H11BrClFO/c15-11-6-10(7-12(16)8-11)14(18)5-9-2-1-3-13(17)4-9/h1-4,6-8,14,18H,5H2. The van der Waals surface area contributed by atoms with E-state index < -0.39 is 6.10 Å². The van der Waals surface area contributed by atoms with E-state index in [9.17, 15) is 9.50 Å². The summed E-state index contributed by atoms with van der Waals surface area (Å²) >= 11 is 9.24. The van der Waals surface area contributed by atoms with Crippen LogP contribution in [0.5, 0.6) is 0 Å². The minimum absolute atomic E-state index is 0.299. The summed E-state index contributed by atoms with van der Waals surface area (Å²) in [5.74, 6) is -0.299. The molecular formula is C14H11BrClFO. The van der Waals surface area contributed by atoms with E-state index in [0.717, 1.165) is 10.0 Å². The molecule has 2 rings (SSSR count). The molecule has 0 aromatic heterocycles. The van der Waals surface area contributed by atoms with Gasteiger partial charge in [-0.15, -0.1) is 0 Å². The fourth-order valence-corrected chi connectivity index (χ4v) is 2.66. The molecule has 0 heterocycles. The fourth-order valence-electron chi connectivity index (χ4n) is 1.77. The molecule has 1 nitrogen and oxygen atoms in total. The number of aliphatic hydroxyl groups excluding tert-OH is 1. The third kappa shape index (κ3) is 3.55. The highest BCUT2D eigenvalue weighted by atomic mass is 79.9. The summed E-state index contributed by atoms with van der Waals surface area (Å²) in [6.07, 6.45) is -0.355. The molecule has 2 aromatic rings. The molecule has 0 aliphatic rings. The van der Waals surface area contributed by atoms with Crippen LogP contribution in [0.15, 0.2) is 46.9 Å². The highest BCUT2D eigenvalue weighted by Gasteiger charge is 2.10. The Morgan fingerprint density at radius 1 is 1.22 bits per heavy atom. The van der Waals surface area contributed by atoms with Crippen LogP contribution >= 0.6 is 27.5 Å². The first kappa shape index (κ1) is 13.5. The van der Waals surface area contributed by atoms with Crippen LogP contribution in [-0.2, 0) is 6.42 Å². The monoisotopic (exact) mass is 328 g/mol. The Morgan fingerprint density at radius 2 is 2.00 bits per heavy atom. The van der Waals surface area contributed by atoms with Crippen molar-refractivity contribution in [1.82, 2.24) is 0 Å². The van der Waals surface area contributed by atoms with Gasteiger partial charge in [-0.2, -0.15) is 0 Å². The number of hydrogen-bond donors (Lipinski definition) is 1. The van der Waals surface area contributed by atoms with Crippen molar-refractivity contribution in [3.05, 3.63) is 68.9 Å². The average molecular weight is 330 g/mol. The van der Waals surface area contributed by atoms with Crippen molar-refractivity contribution in [3.8, 4) is 0 Å². The highest BCUT2D eigenvalue weighted by molar-refractivity contribution is 9.10. The maximum atomic E-state index is 13.0. The third-order valence-electron chi connectivity index (χ3n) is 2.59. The molecule has 0 aliphatic heterocycles. The van der Waals surface area contributed by atoms with Gasteiger partial charge in [0, 0.05) is 15.9 Å². The van der Waals surface area contributed by atoms with Gasteiger partial charge in [-0.05, 0) is 41.5 Å². The van der Waals surface area contributed by atoms with Gasteiger partial charge in [0.25, 0.3) is 0 Å². The van der Waals surface area contributed by atoms with E-state index in [1.807, 2.05) is 0 Å². The Labute approximate surface area is 118 Å². The first-order chi connectivity index (χ1) is 8.54. The normalized spacial score (nSPS) is 12.4. The molecule has 0 aliphatic carbocycles. The Hall–Kier alpha value is -0.900. The van der Waals surface area contributed by atoms with E-state index in [2.05, 4.69) is 15.9 Å². The molecule has 2 aromatic carbocycles. The Bertz CT molecular complexity index is 539. The molecule has 0 fully saturated rings. The lowest BCUT2D eigenvalue weighted by Gasteiger charge is -2.12. The van der Waals surface area contributed by atoms with Crippen LogP contribution in [0.1, 0.15) is 17.2 Å². The van der Waals surface area contributed by atoms with Crippen LogP contribution in [0.4, 0.5) is 4.39 Å². The molecule has 1 N–H and O–H groups in total. The van der Waals surface area contributed by atoms with E-state index >= 15 is 0 Å². The smallest absolute Gasteiger partial charge is 0.123 e. The third-order valence-corrected chi connectivity index (χ3v) is 3.26. The summed E-state index contributed by atoms with van der Waals surface area (Å²) < 4.78 is 13.8. The fraction of sp³-hybridized carbons (Fsp3) is 0.143. The molecule has 1 atom stereocenters. The van der Waals surface area contributed by atoms with Gasteiger partial charge in [0.2, 0.25) is 0 Å². The van der Waals surface area contributed by atoms with Crippen molar-refractivity contribution in [2.24, 2.45) is 0 Å². The lowest BCUT2D eigenvalue weighted by Crippen LogP contribution is -2.02. The van der Waals surface area contributed by atoms with Crippen molar-refractivity contribution in [3.63, 3.8) is 0 Å². The van der Waals surface area contributed by atoms with E-state index in [4.69, 9.17) is 11.6 Å². The van der Waals surface area contributed by atoms with Gasteiger partial charge in [-0.25, -0.2) is 4.39 Å². The van der Waals surface area contributed by atoms with Crippen molar-refractivity contribution < 1.29 is 9.50 Å². The second kappa shape index (κ2) is 5.83. The van der Waals surface area contributed by atoms with Crippen molar-refractivity contribution in [2.75, 3.05) is 0 Å². The van der Waals surface area contributed by atoms with Gasteiger partial charge >= 0.3 is 0 Å². The zero-order valence-corrected chi connectivity index (χ0v) is 11.7. The quantitative estimate of drug-likeness (QED) is 0.878. The zero-order valence-electron chi connectivity index (χ0n) is 9.41. The Balaban J connectivity index is 2.19. The van der Waals surface area contributed by atoms with E-state index in [1.54, 1.807) is 30.3 Å². The summed E-state index contributed by atoms with van der Waals surface area (Å²) in [5, 5.41) is 10.7. The Kier molecular flexibility index (Phi) is 4.38. The average Bonchev–Trinajstić information content (AvgIpc) is 2.27. The first-order valence-corrected chi connectivity index (χ1v) is 6.60. The van der Waals surface area contributed by atoms with Gasteiger partial charge in [0.15, 0.2) is 0 Å². The lowest BCUT2D eigenvalue weighted by molar-refractivity contribution is 0.178. The first-order valence-electron chi connectivity index (χ1n) is 5.43. The van der Waals surface area contributed by atoms with E-state index in [-0.39, 0.29) is 5.82 Å². The van der Waals surface area contributed by atoms with Crippen LogP contribution in [-0.4, -0.2) is 5.11 Å². The summed E-state index contributed by atoms with van der Waals surface area (Å²) in [5.41, 5.74) is 1.46. The lowest BCUT2D eigenvalue weighted by atomic mass is 10.0. The molecule has 1 unspecified atom stereocenters. The maximum absolute atomic E-state index is 13.0. The van der Waals surface area contributed by atoms with Gasteiger partial charge in [-0.1, -0.05) is 39.7 Å². The summed E-state index contributed by atoms with van der Waals surface area (Å²) in [4.78, 5) is 0. The molecule has 0 bridgehead atoms. The molecule has 94 valence electrons. The second-order valence-corrected chi connectivity index (χ2v) is 5.40. The number of benzene rings is 2. The molecule has 0 saturated heterocycles. The number of hydrogen-bond acceptors (Lipinski definition) is 1. The molecule has 0 spiro atoms. The molecule has 0 amide bonds. The molecule has 0 saturated carbocycles. The van der Waals surface area contributed by atoms with Crippen LogP contribution in [0, 0.1) is 5.82 Å². The van der Waals surface area contributed by atoms with Crippen molar-refractivity contribution in [2.45, 2.75) is 12.5 Å². The zero-order chi connectivity index (χ0) is 13.1.